The Morgan fingerprint density at radius 3 is 2.57 bits per heavy atom. The van der Waals surface area contributed by atoms with E-state index in [-0.39, 0.29) is 11.9 Å². The van der Waals surface area contributed by atoms with Crippen LogP contribution in [0.2, 0.25) is 0 Å². The summed E-state index contributed by atoms with van der Waals surface area (Å²) in [5, 5.41) is 3.08. The van der Waals surface area contributed by atoms with Crippen LogP contribution in [0.1, 0.15) is 56.6 Å². The molecular formula is C16H26BrN3O. The number of aromatic nitrogens is 1. The Balaban J connectivity index is 1.92. The van der Waals surface area contributed by atoms with Crippen molar-refractivity contribution in [3.8, 4) is 0 Å². The molecule has 1 fully saturated rings. The molecule has 2 heterocycles. The summed E-state index contributed by atoms with van der Waals surface area (Å²) in [6.45, 7) is 9.39. The summed E-state index contributed by atoms with van der Waals surface area (Å²) in [6.07, 6.45) is 5.86. The maximum absolute atomic E-state index is 12.4. The Morgan fingerprint density at radius 1 is 1.29 bits per heavy atom. The first kappa shape index (κ1) is 16.6. The highest BCUT2D eigenvalue weighted by Gasteiger charge is 2.19. The molecule has 0 aliphatic carbocycles. The zero-order valence-electron chi connectivity index (χ0n) is 13.2. The maximum atomic E-state index is 12.4. The van der Waals surface area contributed by atoms with E-state index < -0.39 is 0 Å². The normalized spacial score (nSPS) is 18.0. The van der Waals surface area contributed by atoms with Crippen molar-refractivity contribution in [3.63, 3.8) is 0 Å². The van der Waals surface area contributed by atoms with Crippen molar-refractivity contribution in [1.29, 1.82) is 0 Å². The largest absolute Gasteiger partial charge is 0.349 e. The third-order valence-corrected chi connectivity index (χ3v) is 4.61. The summed E-state index contributed by atoms with van der Waals surface area (Å²) >= 11 is 3.45. The third kappa shape index (κ3) is 4.33. The first-order chi connectivity index (χ1) is 9.99. The van der Waals surface area contributed by atoms with Crippen molar-refractivity contribution >= 4 is 21.8 Å². The van der Waals surface area contributed by atoms with E-state index in [1.165, 1.54) is 19.3 Å². The summed E-state index contributed by atoms with van der Waals surface area (Å²) in [6, 6.07) is 2.57. The fraction of sp³-hybridized carbons (Fsp3) is 0.688. The Hall–Kier alpha value is -0.810. The summed E-state index contributed by atoms with van der Waals surface area (Å²) in [7, 11) is 0. The number of likely N-dealkylation sites (tertiary alicyclic amines) is 1. The molecule has 1 unspecified atom stereocenters. The molecule has 0 aromatic carbocycles. The molecule has 1 aliphatic heterocycles. The van der Waals surface area contributed by atoms with Gasteiger partial charge in [-0.1, -0.05) is 6.42 Å². The van der Waals surface area contributed by atoms with Gasteiger partial charge >= 0.3 is 0 Å². The maximum Gasteiger partial charge on any atom is 0.268 e. The number of rotatable bonds is 5. The van der Waals surface area contributed by atoms with Crippen LogP contribution in [0.3, 0.4) is 0 Å². The lowest BCUT2D eigenvalue weighted by Gasteiger charge is -2.32. The van der Waals surface area contributed by atoms with Crippen LogP contribution in [0.25, 0.3) is 0 Å². The van der Waals surface area contributed by atoms with E-state index in [2.05, 4.69) is 46.9 Å². The highest BCUT2D eigenvalue weighted by molar-refractivity contribution is 9.10. The average Bonchev–Trinajstić information content (AvgIpc) is 2.87. The van der Waals surface area contributed by atoms with Crippen molar-refractivity contribution < 1.29 is 4.79 Å². The van der Waals surface area contributed by atoms with Gasteiger partial charge in [0.15, 0.2) is 0 Å². The quantitative estimate of drug-likeness (QED) is 0.878. The average molecular weight is 356 g/mol. The van der Waals surface area contributed by atoms with Crippen molar-refractivity contribution in [2.75, 3.05) is 19.6 Å². The van der Waals surface area contributed by atoms with E-state index in [9.17, 15) is 4.79 Å². The van der Waals surface area contributed by atoms with Gasteiger partial charge in [-0.05, 0) is 68.7 Å². The predicted octanol–water partition coefficient (Wildman–Crippen LogP) is 3.44. The minimum Gasteiger partial charge on any atom is -0.349 e. The van der Waals surface area contributed by atoms with Gasteiger partial charge < -0.3 is 9.88 Å². The second kappa shape index (κ2) is 7.45. The third-order valence-electron chi connectivity index (χ3n) is 4.18. The van der Waals surface area contributed by atoms with E-state index >= 15 is 0 Å². The van der Waals surface area contributed by atoms with Crippen LogP contribution in [-0.2, 0) is 0 Å². The number of nitrogens with one attached hydrogen (secondary N) is 1. The van der Waals surface area contributed by atoms with Crippen molar-refractivity contribution in [1.82, 2.24) is 14.8 Å². The molecule has 1 atom stereocenters. The molecule has 1 aromatic rings. The fourth-order valence-electron chi connectivity index (χ4n) is 2.87. The first-order valence-electron chi connectivity index (χ1n) is 7.88. The van der Waals surface area contributed by atoms with E-state index in [1.54, 1.807) is 0 Å². The lowest BCUT2D eigenvalue weighted by molar-refractivity contribution is 0.0919. The van der Waals surface area contributed by atoms with E-state index in [1.807, 2.05) is 16.8 Å². The summed E-state index contributed by atoms with van der Waals surface area (Å²) in [4.78, 5) is 14.9. The summed E-state index contributed by atoms with van der Waals surface area (Å²) < 4.78 is 2.95. The van der Waals surface area contributed by atoms with Crippen LogP contribution >= 0.6 is 15.9 Å². The zero-order chi connectivity index (χ0) is 15.4. The molecular weight excluding hydrogens is 330 g/mol. The molecule has 1 saturated heterocycles. The van der Waals surface area contributed by atoms with Gasteiger partial charge in [-0.15, -0.1) is 0 Å². The van der Waals surface area contributed by atoms with Crippen molar-refractivity contribution in [2.45, 2.75) is 52.1 Å². The van der Waals surface area contributed by atoms with E-state index in [0.717, 1.165) is 23.3 Å². The lowest BCUT2D eigenvalue weighted by Crippen LogP contribution is -2.44. The Bertz CT molecular complexity index is 478. The molecule has 21 heavy (non-hydrogen) atoms. The molecule has 1 N–H and O–H groups in total. The smallest absolute Gasteiger partial charge is 0.268 e. The van der Waals surface area contributed by atoms with Gasteiger partial charge in [0.1, 0.15) is 5.69 Å². The summed E-state index contributed by atoms with van der Waals surface area (Å²) in [5.74, 6) is 0.0123. The van der Waals surface area contributed by atoms with Gasteiger partial charge in [0, 0.05) is 29.3 Å². The van der Waals surface area contributed by atoms with Crippen molar-refractivity contribution in [3.05, 3.63) is 22.4 Å². The lowest BCUT2D eigenvalue weighted by atomic mass is 10.1. The minimum absolute atomic E-state index is 0.0123. The predicted molar refractivity (Wildman–Crippen MR) is 89.7 cm³/mol. The molecule has 118 valence electrons. The molecule has 2 rings (SSSR count). The second-order valence-electron chi connectivity index (χ2n) is 6.20. The van der Waals surface area contributed by atoms with Gasteiger partial charge in [0.05, 0.1) is 0 Å². The van der Waals surface area contributed by atoms with Crippen LogP contribution in [0, 0.1) is 0 Å². The minimum atomic E-state index is 0.0123. The van der Waals surface area contributed by atoms with Crippen LogP contribution in [0.15, 0.2) is 16.7 Å². The highest BCUT2D eigenvalue weighted by atomic mass is 79.9. The summed E-state index contributed by atoms with van der Waals surface area (Å²) in [5.41, 5.74) is 0.725. The standard InChI is InChI=1S/C16H26BrN3O/c1-12(2)20-11-14(17)9-15(20)16(21)18-10-13(3)19-7-5-4-6-8-19/h9,11-13H,4-8,10H2,1-3H3,(H,18,21). The molecule has 0 radical (unpaired) electrons. The van der Waals surface area contributed by atoms with Crippen LogP contribution in [0.4, 0.5) is 0 Å². The van der Waals surface area contributed by atoms with Crippen LogP contribution in [-0.4, -0.2) is 41.1 Å². The van der Waals surface area contributed by atoms with E-state index in [0.29, 0.717) is 12.6 Å². The molecule has 1 aromatic heterocycles. The number of carbonyl (C=O) groups excluding carboxylic acids is 1. The number of halogens is 1. The number of amides is 1. The van der Waals surface area contributed by atoms with Crippen LogP contribution < -0.4 is 5.32 Å². The van der Waals surface area contributed by atoms with Gasteiger partial charge in [-0.2, -0.15) is 0 Å². The van der Waals surface area contributed by atoms with Gasteiger partial charge in [-0.3, -0.25) is 9.69 Å². The van der Waals surface area contributed by atoms with Crippen molar-refractivity contribution in [2.24, 2.45) is 0 Å². The monoisotopic (exact) mass is 355 g/mol. The SMILES string of the molecule is CC(CNC(=O)c1cc(Br)cn1C(C)C)N1CCCCC1. The second-order valence-corrected chi connectivity index (χ2v) is 7.12. The fourth-order valence-corrected chi connectivity index (χ4v) is 3.31. The molecule has 5 heteroatoms. The molecule has 1 amide bonds. The molecule has 0 saturated carbocycles. The number of hydrogen-bond donors (Lipinski definition) is 1. The van der Waals surface area contributed by atoms with Gasteiger partial charge in [0.2, 0.25) is 0 Å². The Kier molecular flexibility index (Phi) is 5.88. The topological polar surface area (TPSA) is 37.3 Å². The molecule has 1 aliphatic rings. The zero-order valence-corrected chi connectivity index (χ0v) is 14.8. The highest BCUT2D eigenvalue weighted by Crippen LogP contribution is 2.19. The molecule has 0 bridgehead atoms. The van der Waals surface area contributed by atoms with Crippen LogP contribution in [0.5, 0.6) is 0 Å². The van der Waals surface area contributed by atoms with E-state index in [4.69, 9.17) is 0 Å². The Morgan fingerprint density at radius 2 is 1.95 bits per heavy atom. The molecule has 4 nitrogen and oxygen atoms in total. The van der Waals surface area contributed by atoms with Gasteiger partial charge in [0.25, 0.3) is 5.91 Å². The van der Waals surface area contributed by atoms with Gasteiger partial charge in [-0.25, -0.2) is 0 Å². The first-order valence-corrected chi connectivity index (χ1v) is 8.68. The number of hydrogen-bond acceptors (Lipinski definition) is 2. The Labute approximate surface area is 136 Å². The number of piperidine rings is 1. The number of nitrogens with zero attached hydrogens (tertiary/aromatic N) is 2. The number of carbonyl (C=O) groups is 1. The molecule has 0 spiro atoms.